The van der Waals surface area contributed by atoms with E-state index in [-0.39, 0.29) is 32.0 Å². The van der Waals surface area contributed by atoms with Gasteiger partial charge in [-0.1, -0.05) is 232 Å². The van der Waals surface area contributed by atoms with Gasteiger partial charge in [-0.2, -0.15) is 0 Å². The normalized spacial score (nSPS) is 14.1. The number of allylic oxidation sites excluding steroid dienone is 18. The number of phosphoric acid groups is 1. The van der Waals surface area contributed by atoms with Crippen molar-refractivity contribution in [2.24, 2.45) is 0 Å². The highest BCUT2D eigenvalue weighted by atomic mass is 31.2. The summed E-state index contributed by atoms with van der Waals surface area (Å²) in [6.07, 6.45) is 73.0. The number of carbonyl (C=O) groups is 2. The van der Waals surface area contributed by atoms with Gasteiger partial charge in [0.15, 0.2) is 6.10 Å². The van der Waals surface area contributed by atoms with Crippen molar-refractivity contribution in [2.75, 3.05) is 47.5 Å². The van der Waals surface area contributed by atoms with Crippen LogP contribution in [0.15, 0.2) is 109 Å². The van der Waals surface area contributed by atoms with E-state index in [0.29, 0.717) is 17.4 Å². The Morgan fingerprint density at radius 1 is 0.444 bits per heavy atom. The van der Waals surface area contributed by atoms with Gasteiger partial charge >= 0.3 is 11.9 Å². The van der Waals surface area contributed by atoms with Gasteiger partial charge < -0.3 is 27.9 Å². The lowest BCUT2D eigenvalue weighted by Gasteiger charge is -2.28. The first-order valence-electron chi connectivity index (χ1n) is 28.6. The number of hydrogen-bond donors (Lipinski definition) is 0. The standard InChI is InChI=1S/C62H106NO8P/c1-6-8-10-12-14-16-17-18-19-20-21-22-23-24-25-26-27-28-29-30-31-32-33-34-35-36-37-38-39-40-41-42-43-44-45-47-49-51-53-55-62(65)71-60(59-70-72(66,67)69-57-56-63(3,4)5)58-68-61(64)54-52-50-48-46-15-13-11-9-7-2/h8,10,14,16,18-19,21-22,24-25,27-28,30-31,33-34,36-37,60H,6-7,9,11-13,15,17,20,23,26,29,32,35,38-59H2,1-5H3/b10-8-,16-14-,19-18-,22-21-,25-24-,28-27-,31-30-,34-33-,37-36-. The molecule has 0 rings (SSSR count). The van der Waals surface area contributed by atoms with Crippen LogP contribution in [0.4, 0.5) is 0 Å². The van der Waals surface area contributed by atoms with Gasteiger partial charge in [-0.25, -0.2) is 0 Å². The maximum Gasteiger partial charge on any atom is 0.306 e. The highest BCUT2D eigenvalue weighted by Crippen LogP contribution is 2.38. The summed E-state index contributed by atoms with van der Waals surface area (Å²) >= 11 is 0. The largest absolute Gasteiger partial charge is 0.756 e. The number of rotatable bonds is 51. The Labute approximate surface area is 442 Å². The minimum atomic E-state index is -4.63. The highest BCUT2D eigenvalue weighted by Gasteiger charge is 2.21. The molecule has 0 saturated carbocycles. The molecule has 0 heterocycles. The van der Waals surface area contributed by atoms with E-state index in [2.05, 4.69) is 123 Å². The number of carbonyl (C=O) groups excluding carboxylic acids is 2. The number of esters is 2. The zero-order valence-corrected chi connectivity index (χ0v) is 47.5. The van der Waals surface area contributed by atoms with Gasteiger partial charge in [0.1, 0.15) is 19.8 Å². The van der Waals surface area contributed by atoms with Gasteiger partial charge in [0.05, 0.1) is 27.7 Å². The molecule has 412 valence electrons. The molecule has 10 heteroatoms. The number of ether oxygens (including phenoxy) is 2. The molecule has 0 bridgehead atoms. The van der Waals surface area contributed by atoms with Gasteiger partial charge in [0.25, 0.3) is 7.82 Å². The third kappa shape index (κ3) is 56.0. The van der Waals surface area contributed by atoms with Crippen LogP contribution in [0.2, 0.25) is 0 Å². The molecule has 0 saturated heterocycles. The summed E-state index contributed by atoms with van der Waals surface area (Å²) in [7, 11) is 1.16. The second-order valence-corrected chi connectivity index (χ2v) is 21.3. The Morgan fingerprint density at radius 2 is 0.792 bits per heavy atom. The monoisotopic (exact) mass is 1020 g/mol. The van der Waals surface area contributed by atoms with E-state index in [0.717, 1.165) is 103 Å². The Balaban J connectivity index is 4.01. The third-order valence-electron chi connectivity index (χ3n) is 11.8. The molecule has 0 amide bonds. The number of phosphoric ester groups is 1. The zero-order chi connectivity index (χ0) is 52.7. The summed E-state index contributed by atoms with van der Waals surface area (Å²) in [6.45, 7) is 4.08. The van der Waals surface area contributed by atoms with E-state index in [1.165, 1.54) is 83.5 Å². The molecule has 2 atom stereocenters. The predicted molar refractivity (Wildman–Crippen MR) is 305 cm³/mol. The zero-order valence-electron chi connectivity index (χ0n) is 46.6. The Morgan fingerprint density at radius 3 is 1.18 bits per heavy atom. The van der Waals surface area contributed by atoms with Crippen molar-refractivity contribution in [3.05, 3.63) is 109 Å². The summed E-state index contributed by atoms with van der Waals surface area (Å²) in [5, 5.41) is 0. The van der Waals surface area contributed by atoms with Crippen molar-refractivity contribution in [1.82, 2.24) is 0 Å². The van der Waals surface area contributed by atoms with Crippen molar-refractivity contribution in [1.29, 1.82) is 0 Å². The maximum atomic E-state index is 12.7. The molecule has 0 aliphatic heterocycles. The topological polar surface area (TPSA) is 111 Å². The van der Waals surface area contributed by atoms with E-state index >= 15 is 0 Å². The average Bonchev–Trinajstić information content (AvgIpc) is 3.34. The first-order valence-corrected chi connectivity index (χ1v) is 30.1. The third-order valence-corrected chi connectivity index (χ3v) is 12.8. The molecule has 2 unspecified atom stereocenters. The van der Waals surface area contributed by atoms with E-state index in [1.54, 1.807) is 0 Å². The molecule has 0 spiro atoms. The van der Waals surface area contributed by atoms with Gasteiger partial charge in [0.2, 0.25) is 0 Å². The second kappa shape index (κ2) is 52.5. The van der Waals surface area contributed by atoms with E-state index < -0.39 is 26.5 Å². The maximum absolute atomic E-state index is 12.7. The van der Waals surface area contributed by atoms with Crippen LogP contribution < -0.4 is 4.89 Å². The van der Waals surface area contributed by atoms with E-state index in [1.807, 2.05) is 21.1 Å². The quantitative estimate of drug-likeness (QED) is 0.0195. The molecule has 0 aliphatic rings. The van der Waals surface area contributed by atoms with Gasteiger partial charge in [-0.15, -0.1) is 0 Å². The van der Waals surface area contributed by atoms with Crippen LogP contribution in [0.25, 0.3) is 0 Å². The molecular weight excluding hydrogens is 918 g/mol. The summed E-state index contributed by atoms with van der Waals surface area (Å²) in [4.78, 5) is 37.6. The Hall–Kier alpha value is -3.33. The molecule has 0 radical (unpaired) electrons. The van der Waals surface area contributed by atoms with E-state index in [4.69, 9.17) is 18.5 Å². The fraction of sp³-hybridized carbons (Fsp3) is 0.677. The molecule has 72 heavy (non-hydrogen) atoms. The van der Waals surface area contributed by atoms with Crippen molar-refractivity contribution in [2.45, 2.75) is 225 Å². The number of nitrogens with zero attached hydrogens (tertiary/aromatic N) is 1. The lowest BCUT2D eigenvalue weighted by molar-refractivity contribution is -0.870. The fourth-order valence-corrected chi connectivity index (χ4v) is 8.14. The molecule has 0 aliphatic carbocycles. The molecule has 0 fully saturated rings. The molecule has 0 aromatic carbocycles. The summed E-state index contributed by atoms with van der Waals surface area (Å²) in [5.74, 6) is -0.843. The SMILES string of the molecule is CC/C=C\C/C=C\C/C=C\C/C=C\C/C=C\C/C=C\C/C=C\C/C=C\C/C=C\CCCCCCCCCCCCCC(=O)OC(COC(=O)CCCCCCCCCCC)COP(=O)([O-])OCC[N+](C)(C)C. The van der Waals surface area contributed by atoms with Crippen molar-refractivity contribution in [3.63, 3.8) is 0 Å². The minimum Gasteiger partial charge on any atom is -0.756 e. The van der Waals surface area contributed by atoms with Crippen LogP contribution >= 0.6 is 7.82 Å². The minimum absolute atomic E-state index is 0.0345. The smallest absolute Gasteiger partial charge is 0.306 e. The number of quaternary nitrogens is 1. The molecular formula is C62H106NO8P. The van der Waals surface area contributed by atoms with Crippen LogP contribution in [0.1, 0.15) is 219 Å². The first kappa shape index (κ1) is 68.7. The highest BCUT2D eigenvalue weighted by molar-refractivity contribution is 7.45. The van der Waals surface area contributed by atoms with Crippen LogP contribution in [0, 0.1) is 0 Å². The van der Waals surface area contributed by atoms with Crippen LogP contribution in [-0.4, -0.2) is 70.0 Å². The second-order valence-electron chi connectivity index (χ2n) is 19.9. The number of unbranched alkanes of at least 4 members (excludes halogenated alkanes) is 19. The Bertz CT molecular complexity index is 1580. The Kier molecular flexibility index (Phi) is 50.1. The summed E-state index contributed by atoms with van der Waals surface area (Å²) < 4.78 is 34.0. The molecule has 0 aromatic heterocycles. The lowest BCUT2D eigenvalue weighted by atomic mass is 10.0. The van der Waals surface area contributed by atoms with E-state index in [9.17, 15) is 19.0 Å². The van der Waals surface area contributed by atoms with Crippen molar-refractivity contribution in [3.8, 4) is 0 Å². The van der Waals surface area contributed by atoms with Gasteiger partial charge in [0, 0.05) is 12.8 Å². The molecule has 0 N–H and O–H groups in total. The average molecular weight is 1020 g/mol. The summed E-state index contributed by atoms with van der Waals surface area (Å²) in [6, 6.07) is 0. The first-order chi connectivity index (χ1) is 35.0. The predicted octanol–water partition coefficient (Wildman–Crippen LogP) is 17.2. The van der Waals surface area contributed by atoms with Crippen molar-refractivity contribution >= 4 is 19.8 Å². The van der Waals surface area contributed by atoms with Crippen LogP contribution in [0.5, 0.6) is 0 Å². The van der Waals surface area contributed by atoms with Crippen LogP contribution in [-0.2, 0) is 32.7 Å². The number of likely N-dealkylation sites (N-methyl/N-ethyl adjacent to an activating group) is 1. The van der Waals surface area contributed by atoms with Crippen LogP contribution in [0.3, 0.4) is 0 Å². The van der Waals surface area contributed by atoms with Gasteiger partial charge in [-0.3, -0.25) is 14.2 Å². The van der Waals surface area contributed by atoms with Crippen molar-refractivity contribution < 1.29 is 42.1 Å². The number of hydrogen-bond acceptors (Lipinski definition) is 8. The molecule has 9 nitrogen and oxygen atoms in total. The van der Waals surface area contributed by atoms with Gasteiger partial charge in [-0.05, 0) is 83.5 Å². The fourth-order valence-electron chi connectivity index (χ4n) is 7.41. The molecule has 0 aromatic rings. The summed E-state index contributed by atoms with van der Waals surface area (Å²) in [5.41, 5.74) is 0. The lowest BCUT2D eigenvalue weighted by Crippen LogP contribution is -2.37.